The summed E-state index contributed by atoms with van der Waals surface area (Å²) in [6, 6.07) is 5.62. The first-order valence-corrected chi connectivity index (χ1v) is 7.09. The van der Waals surface area contributed by atoms with Crippen LogP contribution < -0.4 is 15.9 Å². The molecular weight excluding hydrogens is 316 g/mol. The first-order chi connectivity index (χ1) is 10.5. The van der Waals surface area contributed by atoms with E-state index < -0.39 is 6.61 Å². The lowest BCUT2D eigenvalue weighted by Gasteiger charge is -2.07. The molecule has 118 valence electrons. The Labute approximate surface area is 128 Å². The first kappa shape index (κ1) is 16.0. The van der Waals surface area contributed by atoms with Crippen LogP contribution in [0.2, 0.25) is 0 Å². The number of amides is 1. The Morgan fingerprint density at radius 1 is 1.41 bits per heavy atom. The van der Waals surface area contributed by atoms with Crippen molar-refractivity contribution in [3.05, 3.63) is 30.1 Å². The van der Waals surface area contributed by atoms with Crippen LogP contribution in [0.1, 0.15) is 5.82 Å². The van der Waals surface area contributed by atoms with Gasteiger partial charge in [-0.2, -0.15) is 8.78 Å². The van der Waals surface area contributed by atoms with Crippen LogP contribution in [0.5, 0.6) is 5.75 Å². The highest BCUT2D eigenvalue weighted by Crippen LogP contribution is 2.19. The van der Waals surface area contributed by atoms with Gasteiger partial charge in [0, 0.05) is 5.69 Å². The number of thioether (sulfide) groups is 1. The Kier molecular flexibility index (Phi) is 5.15. The van der Waals surface area contributed by atoms with E-state index in [1.54, 1.807) is 6.92 Å². The largest absolute Gasteiger partial charge is 0.435 e. The normalized spacial score (nSPS) is 10.7. The molecule has 1 amide bonds. The van der Waals surface area contributed by atoms with Gasteiger partial charge in [0.15, 0.2) is 0 Å². The van der Waals surface area contributed by atoms with E-state index in [0.717, 1.165) is 11.8 Å². The fourth-order valence-electron chi connectivity index (χ4n) is 1.50. The molecule has 0 saturated carbocycles. The standard InChI is InChI=1S/C12H13F2N5O2S/c1-7-17-18-12(19(7)15)22-6-10(20)16-8-2-4-9(5-3-8)21-11(13)14/h2-5,11H,6,15H2,1H3,(H,16,20). The number of nitrogens with two attached hydrogens (primary N) is 1. The van der Waals surface area contributed by atoms with E-state index in [9.17, 15) is 13.6 Å². The molecule has 10 heteroatoms. The number of carbonyl (C=O) groups is 1. The van der Waals surface area contributed by atoms with Gasteiger partial charge in [0.25, 0.3) is 0 Å². The highest BCUT2D eigenvalue weighted by Gasteiger charge is 2.10. The smallest absolute Gasteiger partial charge is 0.387 e. The number of nitrogens with one attached hydrogen (secondary N) is 1. The van der Waals surface area contributed by atoms with Crippen molar-refractivity contribution in [2.75, 3.05) is 16.9 Å². The molecular formula is C12H13F2N5O2S. The molecule has 0 saturated heterocycles. The molecule has 0 bridgehead atoms. The molecule has 3 N–H and O–H groups in total. The van der Waals surface area contributed by atoms with Gasteiger partial charge < -0.3 is 15.9 Å². The van der Waals surface area contributed by atoms with Crippen LogP contribution in [0.4, 0.5) is 14.5 Å². The molecule has 0 spiro atoms. The molecule has 0 atom stereocenters. The summed E-state index contributed by atoms with van der Waals surface area (Å²) in [6.07, 6.45) is 0. The van der Waals surface area contributed by atoms with Crippen molar-refractivity contribution in [3.8, 4) is 5.75 Å². The highest BCUT2D eigenvalue weighted by molar-refractivity contribution is 7.99. The molecule has 0 aliphatic carbocycles. The lowest BCUT2D eigenvalue weighted by Crippen LogP contribution is -2.16. The molecule has 0 unspecified atom stereocenters. The Morgan fingerprint density at radius 3 is 2.64 bits per heavy atom. The van der Waals surface area contributed by atoms with E-state index in [1.165, 1.54) is 28.9 Å². The number of ether oxygens (including phenoxy) is 1. The number of aryl methyl sites for hydroxylation is 1. The van der Waals surface area contributed by atoms with Crippen LogP contribution in [-0.2, 0) is 4.79 Å². The second kappa shape index (κ2) is 7.07. The van der Waals surface area contributed by atoms with E-state index in [-0.39, 0.29) is 17.4 Å². The van der Waals surface area contributed by atoms with Gasteiger partial charge in [-0.15, -0.1) is 10.2 Å². The van der Waals surface area contributed by atoms with Gasteiger partial charge >= 0.3 is 6.61 Å². The number of aromatic nitrogens is 3. The quantitative estimate of drug-likeness (QED) is 0.618. The van der Waals surface area contributed by atoms with E-state index in [2.05, 4.69) is 20.3 Å². The van der Waals surface area contributed by atoms with E-state index >= 15 is 0 Å². The second-order valence-electron chi connectivity index (χ2n) is 4.14. The molecule has 0 fully saturated rings. The maximum absolute atomic E-state index is 12.0. The number of nitrogens with zero attached hydrogens (tertiary/aromatic N) is 3. The van der Waals surface area contributed by atoms with Crippen LogP contribution in [0.25, 0.3) is 0 Å². The summed E-state index contributed by atoms with van der Waals surface area (Å²) in [6.45, 7) is -1.19. The average molecular weight is 329 g/mol. The van der Waals surface area contributed by atoms with Crippen molar-refractivity contribution in [3.63, 3.8) is 0 Å². The topological polar surface area (TPSA) is 95.1 Å². The van der Waals surface area contributed by atoms with Crippen LogP contribution in [0.15, 0.2) is 29.4 Å². The van der Waals surface area contributed by atoms with Gasteiger partial charge in [-0.05, 0) is 31.2 Å². The molecule has 0 radical (unpaired) electrons. The van der Waals surface area contributed by atoms with Crippen LogP contribution in [-0.4, -0.2) is 33.1 Å². The molecule has 0 aliphatic rings. The fourth-order valence-corrected chi connectivity index (χ4v) is 2.20. The zero-order valence-corrected chi connectivity index (χ0v) is 12.3. The lowest BCUT2D eigenvalue weighted by atomic mass is 10.3. The van der Waals surface area contributed by atoms with Gasteiger partial charge in [-0.3, -0.25) is 4.79 Å². The Bertz CT molecular complexity index is 647. The minimum absolute atomic E-state index is 0.0223. The van der Waals surface area contributed by atoms with E-state index in [1.807, 2.05) is 0 Å². The molecule has 1 heterocycles. The van der Waals surface area contributed by atoms with Crippen LogP contribution in [0.3, 0.4) is 0 Å². The van der Waals surface area contributed by atoms with Gasteiger partial charge in [-0.25, -0.2) is 4.68 Å². The number of hydrogen-bond acceptors (Lipinski definition) is 6. The van der Waals surface area contributed by atoms with Crippen molar-refractivity contribution in [1.29, 1.82) is 0 Å². The minimum Gasteiger partial charge on any atom is -0.435 e. The molecule has 1 aromatic carbocycles. The Balaban J connectivity index is 1.85. The summed E-state index contributed by atoms with van der Waals surface area (Å²) >= 11 is 1.14. The van der Waals surface area contributed by atoms with Gasteiger partial charge in [0.1, 0.15) is 11.6 Å². The van der Waals surface area contributed by atoms with E-state index in [0.29, 0.717) is 16.7 Å². The number of hydrogen-bond donors (Lipinski definition) is 2. The highest BCUT2D eigenvalue weighted by atomic mass is 32.2. The van der Waals surface area contributed by atoms with Crippen molar-refractivity contribution < 1.29 is 18.3 Å². The predicted octanol–water partition coefficient (Wildman–Crippen LogP) is 1.63. The molecule has 22 heavy (non-hydrogen) atoms. The summed E-state index contributed by atoms with van der Waals surface area (Å²) in [7, 11) is 0. The van der Waals surface area contributed by atoms with Crippen molar-refractivity contribution in [1.82, 2.24) is 14.9 Å². The average Bonchev–Trinajstić information content (AvgIpc) is 2.78. The van der Waals surface area contributed by atoms with Crippen molar-refractivity contribution in [2.24, 2.45) is 0 Å². The van der Waals surface area contributed by atoms with Crippen LogP contribution in [0, 0.1) is 6.92 Å². The van der Waals surface area contributed by atoms with Gasteiger partial charge in [0.05, 0.1) is 5.75 Å². The number of nitrogen functional groups attached to an aromatic ring is 1. The summed E-state index contributed by atoms with van der Waals surface area (Å²) in [5, 5.41) is 10.6. The molecule has 0 aliphatic heterocycles. The fraction of sp³-hybridized carbons (Fsp3) is 0.250. The van der Waals surface area contributed by atoms with E-state index in [4.69, 9.17) is 5.84 Å². The third-order valence-corrected chi connectivity index (χ3v) is 3.47. The monoisotopic (exact) mass is 329 g/mol. The number of anilines is 1. The second-order valence-corrected chi connectivity index (χ2v) is 5.08. The summed E-state index contributed by atoms with van der Waals surface area (Å²) in [5.41, 5.74) is 0.470. The van der Waals surface area contributed by atoms with Crippen molar-refractivity contribution in [2.45, 2.75) is 18.7 Å². The van der Waals surface area contributed by atoms with Crippen LogP contribution >= 0.6 is 11.8 Å². The molecule has 7 nitrogen and oxygen atoms in total. The number of rotatable bonds is 6. The summed E-state index contributed by atoms with van der Waals surface area (Å²) in [4.78, 5) is 11.8. The number of carbonyl (C=O) groups excluding carboxylic acids is 1. The Morgan fingerprint density at radius 2 is 2.09 bits per heavy atom. The molecule has 1 aromatic heterocycles. The zero-order chi connectivity index (χ0) is 16.1. The molecule has 2 rings (SSSR count). The molecule has 2 aromatic rings. The first-order valence-electron chi connectivity index (χ1n) is 6.10. The van der Waals surface area contributed by atoms with Gasteiger partial charge in [-0.1, -0.05) is 11.8 Å². The number of alkyl halides is 2. The van der Waals surface area contributed by atoms with Crippen molar-refractivity contribution >= 4 is 23.4 Å². The lowest BCUT2D eigenvalue weighted by molar-refractivity contribution is -0.113. The third kappa shape index (κ3) is 4.32. The number of benzene rings is 1. The number of halogens is 2. The predicted molar refractivity (Wildman–Crippen MR) is 77.3 cm³/mol. The summed E-state index contributed by atoms with van der Waals surface area (Å²) < 4.78 is 29.5. The zero-order valence-electron chi connectivity index (χ0n) is 11.5. The maximum atomic E-state index is 12.0. The Hall–Kier alpha value is -2.36. The maximum Gasteiger partial charge on any atom is 0.387 e. The SMILES string of the molecule is Cc1nnc(SCC(=O)Nc2ccc(OC(F)F)cc2)n1N. The summed E-state index contributed by atoms with van der Waals surface area (Å²) in [5.74, 6) is 6.03. The third-order valence-electron chi connectivity index (χ3n) is 2.53. The minimum atomic E-state index is -2.88. The van der Waals surface area contributed by atoms with Gasteiger partial charge in [0.2, 0.25) is 11.1 Å².